The lowest BCUT2D eigenvalue weighted by atomic mass is 10.2. The molecule has 0 amide bonds. The summed E-state index contributed by atoms with van der Waals surface area (Å²) in [6, 6.07) is 3.25. The SMILES string of the molecule is Cc1nn(C)cc1NS(=O)(=O)c1ccc(F)c(CO)c1. The van der Waals surface area contributed by atoms with Crippen LogP contribution in [-0.2, 0) is 23.7 Å². The van der Waals surface area contributed by atoms with E-state index in [-0.39, 0.29) is 10.5 Å². The Morgan fingerprint density at radius 3 is 2.70 bits per heavy atom. The van der Waals surface area contributed by atoms with Gasteiger partial charge in [0, 0.05) is 18.8 Å². The van der Waals surface area contributed by atoms with Gasteiger partial charge in [0.1, 0.15) is 5.82 Å². The summed E-state index contributed by atoms with van der Waals surface area (Å²) in [6.07, 6.45) is 1.53. The van der Waals surface area contributed by atoms with Gasteiger partial charge in [-0.2, -0.15) is 5.10 Å². The second-order valence-electron chi connectivity index (χ2n) is 4.32. The van der Waals surface area contributed by atoms with E-state index in [9.17, 15) is 12.8 Å². The molecule has 20 heavy (non-hydrogen) atoms. The molecule has 8 heteroatoms. The molecule has 1 aromatic heterocycles. The summed E-state index contributed by atoms with van der Waals surface area (Å²) in [4.78, 5) is -0.119. The monoisotopic (exact) mass is 299 g/mol. The lowest BCUT2D eigenvalue weighted by Gasteiger charge is -2.08. The number of aryl methyl sites for hydroxylation is 2. The number of hydrogen-bond donors (Lipinski definition) is 2. The van der Waals surface area contributed by atoms with Crippen molar-refractivity contribution in [2.45, 2.75) is 18.4 Å². The molecular weight excluding hydrogens is 285 g/mol. The van der Waals surface area contributed by atoms with Crippen molar-refractivity contribution in [3.63, 3.8) is 0 Å². The number of aromatic nitrogens is 2. The second kappa shape index (κ2) is 5.22. The molecule has 0 bridgehead atoms. The lowest BCUT2D eigenvalue weighted by molar-refractivity contribution is 0.275. The fourth-order valence-corrected chi connectivity index (χ4v) is 2.90. The van der Waals surface area contributed by atoms with Crippen LogP contribution in [0.1, 0.15) is 11.3 Å². The third kappa shape index (κ3) is 2.81. The third-order valence-electron chi connectivity index (χ3n) is 2.76. The molecule has 1 aromatic carbocycles. The molecule has 0 aliphatic carbocycles. The van der Waals surface area contributed by atoms with Gasteiger partial charge in [0.2, 0.25) is 0 Å². The summed E-state index contributed by atoms with van der Waals surface area (Å²) in [5.41, 5.74) is 0.804. The first-order valence-electron chi connectivity index (χ1n) is 5.76. The van der Waals surface area contributed by atoms with E-state index in [4.69, 9.17) is 5.11 Å². The van der Waals surface area contributed by atoms with Crippen LogP contribution in [-0.4, -0.2) is 23.3 Å². The van der Waals surface area contributed by atoms with Crippen molar-refractivity contribution in [1.82, 2.24) is 9.78 Å². The van der Waals surface area contributed by atoms with Crippen LogP contribution < -0.4 is 4.72 Å². The molecule has 0 saturated carbocycles. The van der Waals surface area contributed by atoms with Gasteiger partial charge in [0.15, 0.2) is 0 Å². The number of aliphatic hydroxyl groups excluding tert-OH is 1. The summed E-state index contributed by atoms with van der Waals surface area (Å²) >= 11 is 0. The van der Waals surface area contributed by atoms with E-state index in [1.165, 1.54) is 10.9 Å². The maximum Gasteiger partial charge on any atom is 0.262 e. The van der Waals surface area contributed by atoms with Crippen LogP contribution in [0.25, 0.3) is 0 Å². The fourth-order valence-electron chi connectivity index (χ4n) is 1.74. The zero-order chi connectivity index (χ0) is 14.9. The lowest BCUT2D eigenvalue weighted by Crippen LogP contribution is -2.14. The van der Waals surface area contributed by atoms with E-state index >= 15 is 0 Å². The molecule has 2 N–H and O–H groups in total. The van der Waals surface area contributed by atoms with Crippen molar-refractivity contribution < 1.29 is 17.9 Å². The van der Waals surface area contributed by atoms with Crippen LogP contribution >= 0.6 is 0 Å². The van der Waals surface area contributed by atoms with Crippen LogP contribution in [0.15, 0.2) is 29.3 Å². The molecule has 1 heterocycles. The molecular formula is C12H14FN3O3S. The van der Waals surface area contributed by atoms with Crippen LogP contribution in [0, 0.1) is 12.7 Å². The number of halogens is 1. The van der Waals surface area contributed by atoms with Crippen molar-refractivity contribution in [1.29, 1.82) is 0 Å². The highest BCUT2D eigenvalue weighted by molar-refractivity contribution is 7.92. The highest BCUT2D eigenvalue weighted by atomic mass is 32.2. The number of benzene rings is 1. The van der Waals surface area contributed by atoms with Crippen LogP contribution in [0.3, 0.4) is 0 Å². The quantitative estimate of drug-likeness (QED) is 0.887. The summed E-state index contributed by atoms with van der Waals surface area (Å²) in [6.45, 7) is 1.10. The van der Waals surface area contributed by atoms with Crippen LogP contribution in [0.2, 0.25) is 0 Å². The maximum atomic E-state index is 13.3. The Morgan fingerprint density at radius 1 is 1.45 bits per heavy atom. The predicted octanol–water partition coefficient (Wildman–Crippen LogP) is 1.16. The molecule has 2 rings (SSSR count). The molecule has 0 unspecified atom stereocenters. The second-order valence-corrected chi connectivity index (χ2v) is 6.00. The number of sulfonamides is 1. The Hall–Kier alpha value is -1.93. The minimum Gasteiger partial charge on any atom is -0.392 e. The minimum absolute atomic E-state index is 0.0733. The Kier molecular flexibility index (Phi) is 3.78. The zero-order valence-corrected chi connectivity index (χ0v) is 11.8. The van der Waals surface area contributed by atoms with Crippen molar-refractivity contribution in [3.8, 4) is 0 Å². The van der Waals surface area contributed by atoms with Gasteiger partial charge < -0.3 is 5.11 Å². The Bertz CT molecular complexity index is 740. The maximum absolute atomic E-state index is 13.3. The molecule has 0 radical (unpaired) electrons. The molecule has 0 fully saturated rings. The zero-order valence-electron chi connectivity index (χ0n) is 11.0. The number of aliphatic hydroxyl groups is 1. The summed E-state index contributed by atoms with van der Waals surface area (Å²) in [5.74, 6) is -0.649. The first-order chi connectivity index (χ1) is 9.33. The van der Waals surface area contributed by atoms with Crippen molar-refractivity contribution in [2.75, 3.05) is 4.72 Å². The highest BCUT2D eigenvalue weighted by Crippen LogP contribution is 2.20. The van der Waals surface area contributed by atoms with Crippen LogP contribution in [0.4, 0.5) is 10.1 Å². The molecule has 6 nitrogen and oxygen atoms in total. The number of rotatable bonds is 4. The van der Waals surface area contributed by atoms with Gasteiger partial charge >= 0.3 is 0 Å². The molecule has 108 valence electrons. The van der Waals surface area contributed by atoms with Gasteiger partial charge in [-0.3, -0.25) is 9.40 Å². The first kappa shape index (κ1) is 14.5. The van der Waals surface area contributed by atoms with Crippen LogP contribution in [0.5, 0.6) is 0 Å². The normalized spacial score (nSPS) is 11.6. The molecule has 0 atom stereocenters. The average Bonchev–Trinajstić information content (AvgIpc) is 2.67. The minimum atomic E-state index is -3.85. The number of nitrogens with one attached hydrogen (secondary N) is 1. The Labute approximate surface area is 115 Å². The summed E-state index contributed by atoms with van der Waals surface area (Å²) in [7, 11) is -2.18. The van der Waals surface area contributed by atoms with E-state index in [2.05, 4.69) is 9.82 Å². The van der Waals surface area contributed by atoms with Gasteiger partial charge in [0.25, 0.3) is 10.0 Å². The number of hydrogen-bond acceptors (Lipinski definition) is 4. The number of anilines is 1. The molecule has 0 aliphatic heterocycles. The third-order valence-corrected chi connectivity index (χ3v) is 4.12. The largest absolute Gasteiger partial charge is 0.392 e. The fraction of sp³-hybridized carbons (Fsp3) is 0.250. The average molecular weight is 299 g/mol. The Balaban J connectivity index is 2.38. The Morgan fingerprint density at radius 2 is 2.15 bits per heavy atom. The molecule has 0 aliphatic rings. The van der Waals surface area contributed by atoms with Crippen molar-refractivity contribution >= 4 is 15.7 Å². The van der Waals surface area contributed by atoms with Crippen molar-refractivity contribution in [3.05, 3.63) is 41.5 Å². The van der Waals surface area contributed by atoms with Gasteiger partial charge in [-0.25, -0.2) is 12.8 Å². The van der Waals surface area contributed by atoms with Gasteiger partial charge in [0.05, 0.1) is 22.9 Å². The van der Waals surface area contributed by atoms with E-state index in [1.54, 1.807) is 14.0 Å². The smallest absolute Gasteiger partial charge is 0.262 e. The predicted molar refractivity (Wildman–Crippen MR) is 71.1 cm³/mol. The van der Waals surface area contributed by atoms with E-state index < -0.39 is 22.4 Å². The van der Waals surface area contributed by atoms with Gasteiger partial charge in [-0.15, -0.1) is 0 Å². The van der Waals surface area contributed by atoms with E-state index in [0.717, 1.165) is 18.2 Å². The standard InChI is InChI=1S/C12H14FN3O3S/c1-8-12(6-16(2)14-8)15-20(18,19)10-3-4-11(13)9(5-10)7-17/h3-6,15,17H,7H2,1-2H3. The topological polar surface area (TPSA) is 84.2 Å². The molecule has 2 aromatic rings. The number of nitrogens with zero attached hydrogens (tertiary/aromatic N) is 2. The van der Waals surface area contributed by atoms with Gasteiger partial charge in [-0.1, -0.05) is 0 Å². The van der Waals surface area contributed by atoms with E-state index in [0.29, 0.717) is 11.4 Å². The molecule has 0 spiro atoms. The molecule has 0 saturated heterocycles. The highest BCUT2D eigenvalue weighted by Gasteiger charge is 2.18. The summed E-state index contributed by atoms with van der Waals surface area (Å²) < 4.78 is 41.5. The van der Waals surface area contributed by atoms with Crippen molar-refractivity contribution in [2.24, 2.45) is 7.05 Å². The first-order valence-corrected chi connectivity index (χ1v) is 7.24. The van der Waals surface area contributed by atoms with E-state index in [1.807, 2.05) is 0 Å². The van der Waals surface area contributed by atoms with Gasteiger partial charge in [-0.05, 0) is 25.1 Å². The summed E-state index contributed by atoms with van der Waals surface area (Å²) in [5, 5.41) is 13.0.